The van der Waals surface area contributed by atoms with Crippen molar-refractivity contribution in [3.05, 3.63) is 102 Å². The summed E-state index contributed by atoms with van der Waals surface area (Å²) < 4.78 is 5.11. The standard InChI is InChI=1S/C27H21NO5S/c1-33-20-12-8-17(9-13-20)24(29)16-34-21-14-10-19(11-15-21)28-26(30)22-6-2-4-18-5-3-7-23(25(18)22)27(31)32/h2-15H,16H2,1H3,(H,28,30)(H,31,32). The monoisotopic (exact) mass is 471 g/mol. The maximum atomic E-state index is 12.9. The van der Waals surface area contributed by atoms with Crippen LogP contribution in [0.1, 0.15) is 31.1 Å². The highest BCUT2D eigenvalue weighted by atomic mass is 32.2. The quantitative estimate of drug-likeness (QED) is 0.250. The van der Waals surface area contributed by atoms with E-state index in [0.717, 1.165) is 4.90 Å². The first-order valence-corrected chi connectivity index (χ1v) is 11.4. The lowest BCUT2D eigenvalue weighted by atomic mass is 9.98. The molecule has 0 unspecified atom stereocenters. The van der Waals surface area contributed by atoms with Gasteiger partial charge in [-0.05, 0) is 66.0 Å². The van der Waals surface area contributed by atoms with Crippen molar-refractivity contribution in [3.63, 3.8) is 0 Å². The normalized spacial score (nSPS) is 10.6. The molecule has 0 saturated carbocycles. The van der Waals surface area contributed by atoms with Gasteiger partial charge in [0, 0.05) is 27.1 Å². The average molecular weight is 472 g/mol. The van der Waals surface area contributed by atoms with Crippen molar-refractivity contribution < 1.29 is 24.2 Å². The third kappa shape index (κ3) is 5.10. The number of anilines is 1. The summed E-state index contributed by atoms with van der Waals surface area (Å²) in [4.78, 5) is 37.9. The number of aromatic carboxylic acids is 1. The maximum absolute atomic E-state index is 12.9. The molecule has 4 aromatic rings. The van der Waals surface area contributed by atoms with Crippen molar-refractivity contribution in [2.45, 2.75) is 4.90 Å². The molecule has 170 valence electrons. The van der Waals surface area contributed by atoms with Crippen molar-refractivity contribution in [2.75, 3.05) is 18.2 Å². The topological polar surface area (TPSA) is 92.7 Å². The lowest BCUT2D eigenvalue weighted by Crippen LogP contribution is -2.13. The molecule has 4 rings (SSSR count). The average Bonchev–Trinajstić information content (AvgIpc) is 2.87. The highest BCUT2D eigenvalue weighted by molar-refractivity contribution is 8.00. The minimum absolute atomic E-state index is 0.00947. The molecule has 0 atom stereocenters. The van der Waals surface area contributed by atoms with Crippen LogP contribution in [0.15, 0.2) is 89.8 Å². The molecule has 34 heavy (non-hydrogen) atoms. The molecule has 0 aromatic heterocycles. The van der Waals surface area contributed by atoms with E-state index in [1.165, 1.54) is 17.8 Å². The Morgan fingerprint density at radius 1 is 0.853 bits per heavy atom. The minimum atomic E-state index is -1.09. The van der Waals surface area contributed by atoms with Crippen LogP contribution in [0.2, 0.25) is 0 Å². The van der Waals surface area contributed by atoms with Crippen molar-refractivity contribution in [2.24, 2.45) is 0 Å². The van der Waals surface area contributed by atoms with Crippen molar-refractivity contribution >= 4 is 45.9 Å². The van der Waals surface area contributed by atoms with Gasteiger partial charge in [0.15, 0.2) is 5.78 Å². The molecule has 0 aliphatic carbocycles. The molecule has 2 N–H and O–H groups in total. The van der Waals surface area contributed by atoms with E-state index in [1.54, 1.807) is 73.8 Å². The number of methoxy groups -OCH3 is 1. The summed E-state index contributed by atoms with van der Waals surface area (Å²) >= 11 is 1.41. The predicted molar refractivity (Wildman–Crippen MR) is 133 cm³/mol. The van der Waals surface area contributed by atoms with Crippen LogP contribution in [0.4, 0.5) is 5.69 Å². The van der Waals surface area contributed by atoms with Gasteiger partial charge in [0.1, 0.15) is 5.75 Å². The second-order valence-corrected chi connectivity index (χ2v) is 8.48. The third-order valence-electron chi connectivity index (χ3n) is 5.27. The van der Waals surface area contributed by atoms with Crippen molar-refractivity contribution in [1.82, 2.24) is 0 Å². The number of hydrogen-bond acceptors (Lipinski definition) is 5. The molecule has 7 heteroatoms. The molecule has 0 saturated heterocycles. The number of carbonyl (C=O) groups is 3. The number of benzene rings is 4. The number of carboxylic acid groups (broad SMARTS) is 1. The van der Waals surface area contributed by atoms with E-state index in [4.69, 9.17) is 4.74 Å². The number of carboxylic acids is 1. The molecular formula is C27H21NO5S. The summed E-state index contributed by atoms with van der Waals surface area (Å²) in [6, 6.07) is 24.2. The molecule has 0 bridgehead atoms. The van der Waals surface area contributed by atoms with E-state index in [2.05, 4.69) is 5.32 Å². The number of amides is 1. The van der Waals surface area contributed by atoms with E-state index < -0.39 is 11.9 Å². The minimum Gasteiger partial charge on any atom is -0.497 e. The van der Waals surface area contributed by atoms with Gasteiger partial charge in [0.2, 0.25) is 0 Å². The van der Waals surface area contributed by atoms with Gasteiger partial charge in [0.05, 0.1) is 18.4 Å². The molecule has 1 amide bonds. The van der Waals surface area contributed by atoms with Crippen LogP contribution in [0, 0.1) is 0 Å². The molecule has 0 aliphatic heterocycles. The van der Waals surface area contributed by atoms with Gasteiger partial charge in [-0.25, -0.2) is 4.79 Å². The summed E-state index contributed by atoms with van der Waals surface area (Å²) in [6.07, 6.45) is 0. The molecular weight excluding hydrogens is 450 g/mol. The van der Waals surface area contributed by atoms with Crippen molar-refractivity contribution in [3.8, 4) is 5.75 Å². The van der Waals surface area contributed by atoms with Gasteiger partial charge in [-0.1, -0.05) is 24.3 Å². The zero-order chi connectivity index (χ0) is 24.1. The summed E-state index contributed by atoms with van der Waals surface area (Å²) in [7, 11) is 1.58. The summed E-state index contributed by atoms with van der Waals surface area (Å²) in [5.41, 5.74) is 1.56. The zero-order valence-corrected chi connectivity index (χ0v) is 19.1. The van der Waals surface area contributed by atoms with E-state index in [-0.39, 0.29) is 17.1 Å². The highest BCUT2D eigenvalue weighted by Crippen LogP contribution is 2.26. The number of thioether (sulfide) groups is 1. The number of ether oxygens (including phenoxy) is 1. The molecule has 6 nitrogen and oxygen atoms in total. The van der Waals surface area contributed by atoms with Crippen LogP contribution in [-0.4, -0.2) is 35.6 Å². The Balaban J connectivity index is 1.43. The molecule has 0 aliphatic rings. The fourth-order valence-corrected chi connectivity index (χ4v) is 4.34. The predicted octanol–water partition coefficient (Wildman–Crippen LogP) is 5.77. The van der Waals surface area contributed by atoms with Crippen LogP contribution in [0.25, 0.3) is 10.8 Å². The number of Topliss-reactive ketones (excluding diaryl/α,β-unsaturated/α-hetero) is 1. The molecule has 0 heterocycles. The number of nitrogens with one attached hydrogen (secondary N) is 1. The van der Waals surface area contributed by atoms with Crippen LogP contribution < -0.4 is 10.1 Å². The van der Waals surface area contributed by atoms with E-state index >= 15 is 0 Å². The smallest absolute Gasteiger partial charge is 0.336 e. The van der Waals surface area contributed by atoms with Gasteiger partial charge in [-0.2, -0.15) is 0 Å². The van der Waals surface area contributed by atoms with Crippen LogP contribution >= 0.6 is 11.8 Å². The molecule has 0 radical (unpaired) electrons. The Bertz CT molecular complexity index is 1360. The summed E-state index contributed by atoms with van der Waals surface area (Å²) in [5.74, 6) is -0.489. The largest absolute Gasteiger partial charge is 0.497 e. The van der Waals surface area contributed by atoms with E-state index in [1.807, 2.05) is 12.1 Å². The fraction of sp³-hybridized carbons (Fsp3) is 0.0741. The number of rotatable bonds is 8. The second-order valence-electron chi connectivity index (χ2n) is 7.43. The van der Waals surface area contributed by atoms with Gasteiger partial charge in [0.25, 0.3) is 5.91 Å². The van der Waals surface area contributed by atoms with E-state index in [0.29, 0.717) is 33.3 Å². The zero-order valence-electron chi connectivity index (χ0n) is 18.3. The third-order valence-corrected chi connectivity index (χ3v) is 6.29. The van der Waals surface area contributed by atoms with Crippen LogP contribution in [0.5, 0.6) is 5.75 Å². The number of hydrogen-bond donors (Lipinski definition) is 2. The van der Waals surface area contributed by atoms with Gasteiger partial charge < -0.3 is 15.2 Å². The number of carbonyl (C=O) groups excluding carboxylic acids is 2. The Morgan fingerprint density at radius 2 is 1.50 bits per heavy atom. The van der Waals surface area contributed by atoms with Crippen LogP contribution in [0.3, 0.4) is 0 Å². The molecule has 0 fully saturated rings. The molecule has 0 spiro atoms. The van der Waals surface area contributed by atoms with Gasteiger partial charge >= 0.3 is 5.97 Å². The Labute approximate surface area is 200 Å². The summed E-state index contributed by atoms with van der Waals surface area (Å²) in [6.45, 7) is 0. The number of fused-ring (bicyclic) bond motifs is 1. The second kappa shape index (κ2) is 10.2. The van der Waals surface area contributed by atoms with E-state index in [9.17, 15) is 19.5 Å². The van der Waals surface area contributed by atoms with Gasteiger partial charge in [-0.15, -0.1) is 11.8 Å². The summed E-state index contributed by atoms with van der Waals surface area (Å²) in [5, 5.41) is 13.4. The maximum Gasteiger partial charge on any atom is 0.336 e. The Hall–Kier alpha value is -4.10. The Kier molecular flexibility index (Phi) is 6.94. The van der Waals surface area contributed by atoms with Crippen LogP contribution in [-0.2, 0) is 0 Å². The SMILES string of the molecule is COc1ccc(C(=O)CSc2ccc(NC(=O)c3cccc4cccc(C(=O)O)c34)cc2)cc1. The lowest BCUT2D eigenvalue weighted by Gasteiger charge is -2.11. The first kappa shape index (κ1) is 23.1. The molecule has 4 aromatic carbocycles. The van der Waals surface area contributed by atoms with Crippen molar-refractivity contribution in [1.29, 1.82) is 0 Å². The fourth-order valence-electron chi connectivity index (χ4n) is 3.55. The highest BCUT2D eigenvalue weighted by Gasteiger charge is 2.16. The lowest BCUT2D eigenvalue weighted by molar-refractivity contribution is 0.0698. The first-order valence-electron chi connectivity index (χ1n) is 10.4. The number of ketones is 1. The Morgan fingerprint density at radius 3 is 2.12 bits per heavy atom. The van der Waals surface area contributed by atoms with Gasteiger partial charge in [-0.3, -0.25) is 9.59 Å². The first-order chi connectivity index (χ1) is 16.5.